The Balaban J connectivity index is 2.09. The van der Waals surface area contributed by atoms with Gasteiger partial charge >= 0.3 is 0 Å². The quantitative estimate of drug-likeness (QED) is 0.684. The number of benzene rings is 1. The number of halogens is 1. The van der Waals surface area contributed by atoms with Crippen LogP contribution in [0.4, 0.5) is 5.69 Å². The number of nitrogens with one attached hydrogen (secondary N) is 1. The highest BCUT2D eigenvalue weighted by molar-refractivity contribution is 6.35. The van der Waals surface area contributed by atoms with Gasteiger partial charge in [-0.15, -0.1) is 0 Å². The number of nitro benzene ring substituents is 1. The third-order valence-corrected chi connectivity index (χ3v) is 3.74. The van der Waals surface area contributed by atoms with Crippen molar-refractivity contribution in [1.29, 1.82) is 0 Å². The molecule has 1 aliphatic rings. The molecule has 0 bridgehead atoms. The van der Waals surface area contributed by atoms with Crippen molar-refractivity contribution < 1.29 is 14.5 Å². The molecule has 108 valence electrons. The van der Waals surface area contributed by atoms with Gasteiger partial charge in [-0.1, -0.05) is 17.7 Å². The summed E-state index contributed by atoms with van der Waals surface area (Å²) in [6.45, 7) is 2.96. The number of rotatable bonds is 4. The predicted octanol–water partition coefficient (Wildman–Crippen LogP) is 2.55. The molecule has 1 fully saturated rings. The molecule has 1 aliphatic heterocycles. The van der Waals surface area contributed by atoms with Crippen LogP contribution in [0.25, 0.3) is 0 Å². The summed E-state index contributed by atoms with van der Waals surface area (Å²) < 4.78 is 5.56. The molecule has 1 atom stereocenters. The van der Waals surface area contributed by atoms with Gasteiger partial charge in [-0.25, -0.2) is 0 Å². The number of amides is 1. The van der Waals surface area contributed by atoms with E-state index < -0.39 is 10.8 Å². The van der Waals surface area contributed by atoms with E-state index in [0.29, 0.717) is 13.2 Å². The Bertz CT molecular complexity index is 541. The van der Waals surface area contributed by atoms with Crippen LogP contribution < -0.4 is 5.32 Å². The van der Waals surface area contributed by atoms with E-state index >= 15 is 0 Å². The fraction of sp³-hybridized carbons (Fsp3) is 0.462. The van der Waals surface area contributed by atoms with Crippen molar-refractivity contribution in [3.05, 3.63) is 38.9 Å². The lowest BCUT2D eigenvalue weighted by atomic mass is 10.0. The molecule has 1 amide bonds. The number of nitrogens with zero attached hydrogens (tertiary/aromatic N) is 1. The number of carbonyl (C=O) groups excluding carboxylic acids is 1. The maximum Gasteiger partial charge on any atom is 0.288 e. The summed E-state index contributed by atoms with van der Waals surface area (Å²) in [4.78, 5) is 22.2. The molecular weight excluding hydrogens is 284 g/mol. The molecule has 0 aliphatic carbocycles. The Morgan fingerprint density at radius 1 is 1.60 bits per heavy atom. The summed E-state index contributed by atoms with van der Waals surface area (Å²) in [5, 5.41) is 13.4. The second kappa shape index (κ2) is 5.76. The Morgan fingerprint density at radius 2 is 2.35 bits per heavy atom. The number of hydrogen-bond donors (Lipinski definition) is 1. The zero-order chi connectivity index (χ0) is 14.8. The van der Waals surface area contributed by atoms with Crippen LogP contribution in [0, 0.1) is 10.1 Å². The minimum Gasteiger partial charge on any atom is -0.373 e. The molecule has 1 unspecified atom stereocenters. The van der Waals surface area contributed by atoms with Gasteiger partial charge in [-0.2, -0.15) is 0 Å². The van der Waals surface area contributed by atoms with Gasteiger partial charge in [-0.05, 0) is 25.8 Å². The average molecular weight is 299 g/mol. The zero-order valence-corrected chi connectivity index (χ0v) is 11.8. The van der Waals surface area contributed by atoms with Crippen LogP contribution in [0.2, 0.25) is 5.02 Å². The fourth-order valence-electron chi connectivity index (χ4n) is 2.17. The van der Waals surface area contributed by atoms with Crippen molar-refractivity contribution in [2.24, 2.45) is 0 Å². The highest BCUT2D eigenvalue weighted by Gasteiger charge is 2.30. The van der Waals surface area contributed by atoms with E-state index in [9.17, 15) is 14.9 Å². The summed E-state index contributed by atoms with van der Waals surface area (Å²) in [5.74, 6) is -0.435. The number of ether oxygens (including phenoxy) is 1. The summed E-state index contributed by atoms with van der Waals surface area (Å²) in [6.07, 6.45) is 1.83. The lowest BCUT2D eigenvalue weighted by molar-refractivity contribution is -0.384. The Kier molecular flexibility index (Phi) is 4.25. The first-order chi connectivity index (χ1) is 9.43. The van der Waals surface area contributed by atoms with Crippen LogP contribution in [0.15, 0.2) is 18.2 Å². The first kappa shape index (κ1) is 14.7. The molecule has 1 aromatic carbocycles. The van der Waals surface area contributed by atoms with Gasteiger partial charge < -0.3 is 10.1 Å². The lowest BCUT2D eigenvalue weighted by Crippen LogP contribution is -2.40. The van der Waals surface area contributed by atoms with E-state index in [-0.39, 0.29) is 21.9 Å². The molecule has 1 heterocycles. The van der Waals surface area contributed by atoms with Gasteiger partial charge in [0.25, 0.3) is 11.6 Å². The fourth-order valence-corrected chi connectivity index (χ4v) is 2.46. The third-order valence-electron chi connectivity index (χ3n) is 3.34. The summed E-state index contributed by atoms with van der Waals surface area (Å²) in [5.41, 5.74) is -0.548. The van der Waals surface area contributed by atoms with Crippen LogP contribution in [0.1, 0.15) is 30.1 Å². The normalized spacial score (nSPS) is 21.7. The highest BCUT2D eigenvalue weighted by Crippen LogP contribution is 2.28. The molecule has 0 aromatic heterocycles. The predicted molar refractivity (Wildman–Crippen MR) is 74.0 cm³/mol. The molecule has 2 rings (SSSR count). The summed E-state index contributed by atoms with van der Waals surface area (Å²) in [7, 11) is 0. The molecule has 0 spiro atoms. The van der Waals surface area contributed by atoms with Crippen LogP contribution in [-0.2, 0) is 4.74 Å². The SMILES string of the molecule is CC1(CNC(=O)c2cccc([N+](=O)[O-])c2Cl)CCCO1. The number of nitro groups is 1. The van der Waals surface area contributed by atoms with Gasteiger partial charge in [-0.3, -0.25) is 14.9 Å². The zero-order valence-electron chi connectivity index (χ0n) is 11.0. The van der Waals surface area contributed by atoms with Gasteiger partial charge in [0.1, 0.15) is 5.02 Å². The van der Waals surface area contributed by atoms with E-state index in [0.717, 1.165) is 12.8 Å². The second-order valence-corrected chi connectivity index (χ2v) is 5.36. The van der Waals surface area contributed by atoms with Gasteiger partial charge in [0.15, 0.2) is 0 Å². The van der Waals surface area contributed by atoms with Crippen LogP contribution in [0.5, 0.6) is 0 Å². The average Bonchev–Trinajstić information content (AvgIpc) is 2.83. The largest absolute Gasteiger partial charge is 0.373 e. The third kappa shape index (κ3) is 3.08. The monoisotopic (exact) mass is 298 g/mol. The van der Waals surface area contributed by atoms with E-state index in [1.165, 1.54) is 18.2 Å². The highest BCUT2D eigenvalue weighted by atomic mass is 35.5. The minimum atomic E-state index is -0.611. The van der Waals surface area contributed by atoms with E-state index in [1.807, 2.05) is 6.92 Å². The molecule has 1 aromatic rings. The minimum absolute atomic E-state index is 0.0995. The first-order valence-corrected chi connectivity index (χ1v) is 6.66. The van der Waals surface area contributed by atoms with E-state index in [1.54, 1.807) is 0 Å². The number of hydrogen-bond acceptors (Lipinski definition) is 4. The van der Waals surface area contributed by atoms with Crippen LogP contribution in [0.3, 0.4) is 0 Å². The van der Waals surface area contributed by atoms with Crippen molar-refractivity contribution in [3.8, 4) is 0 Å². The Morgan fingerprint density at radius 3 is 2.95 bits per heavy atom. The molecular formula is C13H15ClN2O4. The number of carbonyl (C=O) groups is 1. The maximum atomic E-state index is 12.1. The molecule has 7 heteroatoms. The van der Waals surface area contributed by atoms with Gasteiger partial charge in [0, 0.05) is 19.2 Å². The smallest absolute Gasteiger partial charge is 0.288 e. The van der Waals surface area contributed by atoms with E-state index in [4.69, 9.17) is 16.3 Å². The Labute approximate surface area is 121 Å². The van der Waals surface area contributed by atoms with Gasteiger partial charge in [0.2, 0.25) is 0 Å². The van der Waals surface area contributed by atoms with Crippen LogP contribution >= 0.6 is 11.6 Å². The van der Waals surface area contributed by atoms with Gasteiger partial charge in [0.05, 0.1) is 16.1 Å². The van der Waals surface area contributed by atoms with Crippen LogP contribution in [-0.4, -0.2) is 29.6 Å². The molecule has 0 saturated carbocycles. The van der Waals surface area contributed by atoms with E-state index in [2.05, 4.69) is 5.32 Å². The van der Waals surface area contributed by atoms with Crippen molar-refractivity contribution in [2.75, 3.05) is 13.2 Å². The molecule has 6 nitrogen and oxygen atoms in total. The lowest BCUT2D eigenvalue weighted by Gasteiger charge is -2.23. The summed E-state index contributed by atoms with van der Waals surface area (Å²) in [6, 6.07) is 4.16. The molecule has 1 N–H and O–H groups in total. The molecule has 1 saturated heterocycles. The molecule has 0 radical (unpaired) electrons. The molecule has 20 heavy (non-hydrogen) atoms. The first-order valence-electron chi connectivity index (χ1n) is 6.28. The second-order valence-electron chi connectivity index (χ2n) is 4.98. The maximum absolute atomic E-state index is 12.1. The summed E-state index contributed by atoms with van der Waals surface area (Å²) >= 11 is 5.89. The van der Waals surface area contributed by atoms with Crippen molar-refractivity contribution in [3.63, 3.8) is 0 Å². The standard InChI is InChI=1S/C13H15ClN2O4/c1-13(6-3-7-20-13)8-15-12(17)9-4-2-5-10(11(9)14)16(18)19/h2,4-5H,3,6-8H2,1H3,(H,15,17). The van der Waals surface area contributed by atoms with Crippen molar-refractivity contribution in [1.82, 2.24) is 5.32 Å². The Hall–Kier alpha value is -1.66. The van der Waals surface area contributed by atoms with Crippen molar-refractivity contribution >= 4 is 23.2 Å². The topological polar surface area (TPSA) is 81.5 Å². The van der Waals surface area contributed by atoms with Crippen molar-refractivity contribution in [2.45, 2.75) is 25.4 Å².